The maximum atomic E-state index is 12.2. The van der Waals surface area contributed by atoms with Crippen LogP contribution in [0.3, 0.4) is 0 Å². The van der Waals surface area contributed by atoms with Gasteiger partial charge in [0.05, 0.1) is 16.1 Å². The van der Waals surface area contributed by atoms with Crippen LogP contribution in [0.4, 0.5) is 13.2 Å². The number of phenols is 1. The summed E-state index contributed by atoms with van der Waals surface area (Å²) in [5, 5.41) is 17.0. The fourth-order valence-electron chi connectivity index (χ4n) is 0.875. The lowest BCUT2D eigenvalue weighted by atomic mass is 10.1. The summed E-state index contributed by atoms with van der Waals surface area (Å²) >= 11 is 5.37. The maximum Gasteiger partial charge on any atom is 0.420 e. The van der Waals surface area contributed by atoms with Crippen molar-refractivity contribution in [3.63, 3.8) is 0 Å². The largest absolute Gasteiger partial charge is 0.507 e. The molecule has 0 heterocycles. The van der Waals surface area contributed by atoms with Crippen molar-refractivity contribution >= 4 is 11.6 Å². The quantitative estimate of drug-likeness (QED) is 0.732. The van der Waals surface area contributed by atoms with Crippen LogP contribution in [0.25, 0.3) is 0 Å². The summed E-state index contributed by atoms with van der Waals surface area (Å²) in [5.41, 5.74) is -1.45. The molecule has 14 heavy (non-hydrogen) atoms. The van der Waals surface area contributed by atoms with Crippen molar-refractivity contribution in [3.05, 3.63) is 28.3 Å². The molecule has 0 aromatic heterocycles. The lowest BCUT2D eigenvalue weighted by molar-refractivity contribution is -0.138. The summed E-state index contributed by atoms with van der Waals surface area (Å²) in [7, 11) is 0. The van der Waals surface area contributed by atoms with Crippen molar-refractivity contribution in [1.82, 2.24) is 0 Å². The van der Waals surface area contributed by atoms with Gasteiger partial charge in [-0.1, -0.05) is 11.6 Å². The van der Waals surface area contributed by atoms with E-state index in [2.05, 4.69) is 0 Å². The van der Waals surface area contributed by atoms with E-state index in [1.54, 1.807) is 6.07 Å². The minimum Gasteiger partial charge on any atom is -0.507 e. The third-order valence-corrected chi connectivity index (χ3v) is 1.82. The minimum atomic E-state index is -4.68. The third kappa shape index (κ3) is 1.91. The molecule has 0 aliphatic heterocycles. The molecule has 1 N–H and O–H groups in total. The number of hydrogen-bond acceptors (Lipinski definition) is 2. The third-order valence-electron chi connectivity index (χ3n) is 1.51. The number of rotatable bonds is 0. The van der Waals surface area contributed by atoms with E-state index in [0.717, 1.165) is 0 Å². The number of benzene rings is 1. The van der Waals surface area contributed by atoms with Crippen LogP contribution in [0.2, 0.25) is 5.02 Å². The Hall–Kier alpha value is -1.41. The van der Waals surface area contributed by atoms with Crippen LogP contribution in [0.5, 0.6) is 5.75 Å². The molecule has 2 nitrogen and oxygen atoms in total. The van der Waals surface area contributed by atoms with Crippen molar-refractivity contribution in [2.24, 2.45) is 0 Å². The molecule has 1 rings (SSSR count). The van der Waals surface area contributed by atoms with Crippen LogP contribution < -0.4 is 0 Å². The number of nitriles is 1. The van der Waals surface area contributed by atoms with Gasteiger partial charge in [0.15, 0.2) is 0 Å². The van der Waals surface area contributed by atoms with Crippen LogP contribution in [0.15, 0.2) is 12.1 Å². The molecule has 74 valence electrons. The van der Waals surface area contributed by atoms with Gasteiger partial charge in [-0.25, -0.2) is 0 Å². The molecule has 0 unspecified atom stereocenters. The van der Waals surface area contributed by atoms with E-state index < -0.39 is 17.5 Å². The Balaban J connectivity index is 3.38. The topological polar surface area (TPSA) is 44.0 Å². The van der Waals surface area contributed by atoms with Crippen molar-refractivity contribution in [3.8, 4) is 11.8 Å². The number of halogens is 4. The number of alkyl halides is 3. The lowest BCUT2D eigenvalue weighted by Crippen LogP contribution is -2.05. The molecule has 1 aromatic rings. The Morgan fingerprint density at radius 3 is 2.36 bits per heavy atom. The number of hydrogen-bond donors (Lipinski definition) is 1. The van der Waals surface area contributed by atoms with E-state index in [1.165, 1.54) is 0 Å². The summed E-state index contributed by atoms with van der Waals surface area (Å²) < 4.78 is 36.5. The van der Waals surface area contributed by atoms with E-state index in [4.69, 9.17) is 22.0 Å². The van der Waals surface area contributed by atoms with E-state index in [1.807, 2.05) is 0 Å². The lowest BCUT2D eigenvalue weighted by Gasteiger charge is -2.09. The zero-order valence-corrected chi connectivity index (χ0v) is 7.32. The first kappa shape index (κ1) is 10.7. The van der Waals surface area contributed by atoms with Crippen LogP contribution in [0, 0.1) is 11.3 Å². The van der Waals surface area contributed by atoms with E-state index in [9.17, 15) is 13.2 Å². The fourth-order valence-corrected chi connectivity index (χ4v) is 1.08. The predicted octanol–water partition coefficient (Wildman–Crippen LogP) is 2.94. The van der Waals surface area contributed by atoms with E-state index in [0.29, 0.717) is 12.1 Å². The highest BCUT2D eigenvalue weighted by Crippen LogP contribution is 2.38. The summed E-state index contributed by atoms with van der Waals surface area (Å²) in [6.07, 6.45) is -4.68. The summed E-state index contributed by atoms with van der Waals surface area (Å²) in [5.74, 6) is -1.00. The zero-order chi connectivity index (χ0) is 10.9. The smallest absolute Gasteiger partial charge is 0.420 e. The van der Waals surface area contributed by atoms with Gasteiger partial charge in [0.2, 0.25) is 0 Å². The highest BCUT2D eigenvalue weighted by atomic mass is 35.5. The van der Waals surface area contributed by atoms with Crippen LogP contribution in [-0.2, 0) is 6.18 Å². The summed E-state index contributed by atoms with van der Waals surface area (Å²) in [4.78, 5) is 0. The van der Waals surface area contributed by atoms with Gasteiger partial charge in [0.25, 0.3) is 0 Å². The molecule has 0 atom stereocenters. The van der Waals surface area contributed by atoms with Gasteiger partial charge < -0.3 is 5.11 Å². The SMILES string of the molecule is N#Cc1cc(O)c(C(F)(F)F)cc1Cl. The maximum absolute atomic E-state index is 12.2. The van der Waals surface area contributed by atoms with Gasteiger partial charge in [-0.3, -0.25) is 0 Å². The monoisotopic (exact) mass is 221 g/mol. The fraction of sp³-hybridized carbons (Fsp3) is 0.125. The molecular weight excluding hydrogens is 219 g/mol. The predicted molar refractivity (Wildman–Crippen MR) is 42.8 cm³/mol. The molecule has 0 saturated carbocycles. The Morgan fingerprint density at radius 1 is 1.36 bits per heavy atom. The molecule has 0 aliphatic carbocycles. The van der Waals surface area contributed by atoms with Crippen molar-refractivity contribution in [2.45, 2.75) is 6.18 Å². The second-order valence-corrected chi connectivity index (χ2v) is 2.87. The second-order valence-electron chi connectivity index (χ2n) is 2.46. The Bertz CT molecular complexity index is 408. The Morgan fingerprint density at radius 2 is 1.93 bits per heavy atom. The van der Waals surface area contributed by atoms with Gasteiger partial charge in [0, 0.05) is 0 Å². The molecule has 0 amide bonds. The normalized spacial score (nSPS) is 11.1. The molecule has 0 saturated heterocycles. The molecule has 0 spiro atoms. The minimum absolute atomic E-state index is 0.197. The van der Waals surface area contributed by atoms with Gasteiger partial charge in [-0.05, 0) is 12.1 Å². The first-order valence-electron chi connectivity index (χ1n) is 3.36. The average Bonchev–Trinajstić information content (AvgIpc) is 2.06. The van der Waals surface area contributed by atoms with Crippen LogP contribution >= 0.6 is 11.6 Å². The summed E-state index contributed by atoms with van der Waals surface area (Å²) in [6, 6.07) is 2.76. The molecule has 0 aliphatic rings. The Labute approximate surface area is 82.1 Å². The van der Waals surface area contributed by atoms with Crippen LogP contribution in [0.1, 0.15) is 11.1 Å². The zero-order valence-electron chi connectivity index (χ0n) is 6.56. The Kier molecular flexibility index (Phi) is 2.58. The highest BCUT2D eigenvalue weighted by Gasteiger charge is 2.34. The number of aromatic hydroxyl groups is 1. The van der Waals surface area contributed by atoms with Crippen molar-refractivity contribution in [2.75, 3.05) is 0 Å². The molecule has 1 aromatic carbocycles. The van der Waals surface area contributed by atoms with Gasteiger partial charge >= 0.3 is 6.18 Å². The second kappa shape index (κ2) is 3.39. The highest BCUT2D eigenvalue weighted by molar-refractivity contribution is 6.31. The molecule has 0 radical (unpaired) electrons. The molecule has 0 fully saturated rings. The first-order valence-corrected chi connectivity index (χ1v) is 3.74. The number of nitrogens with zero attached hydrogens (tertiary/aromatic N) is 1. The van der Waals surface area contributed by atoms with E-state index in [-0.39, 0.29) is 10.6 Å². The molecular formula is C8H3ClF3NO. The number of phenolic OH excluding ortho intramolecular Hbond substituents is 1. The molecule has 0 bridgehead atoms. The van der Waals surface area contributed by atoms with E-state index >= 15 is 0 Å². The van der Waals surface area contributed by atoms with Gasteiger partial charge in [-0.2, -0.15) is 18.4 Å². The standard InChI is InChI=1S/C8H3ClF3NO/c9-6-2-5(8(10,11)12)7(14)1-4(6)3-13/h1-2,14H. The molecule has 6 heteroatoms. The van der Waals surface area contributed by atoms with Crippen molar-refractivity contribution < 1.29 is 18.3 Å². The van der Waals surface area contributed by atoms with Gasteiger partial charge in [-0.15, -0.1) is 0 Å². The van der Waals surface area contributed by atoms with Gasteiger partial charge in [0.1, 0.15) is 11.8 Å². The first-order chi connectivity index (χ1) is 6.36. The summed E-state index contributed by atoms with van der Waals surface area (Å²) in [6.45, 7) is 0. The average molecular weight is 222 g/mol. The van der Waals surface area contributed by atoms with Crippen LogP contribution in [-0.4, -0.2) is 5.11 Å². The van der Waals surface area contributed by atoms with Crippen molar-refractivity contribution in [1.29, 1.82) is 5.26 Å².